The lowest BCUT2D eigenvalue weighted by atomic mass is 9.88. The Morgan fingerprint density at radius 1 is 1.17 bits per heavy atom. The molecule has 2 heterocycles. The lowest BCUT2D eigenvalue weighted by molar-refractivity contribution is -0.131. The first kappa shape index (κ1) is 20.6. The summed E-state index contributed by atoms with van der Waals surface area (Å²) in [6.07, 6.45) is 4.69. The highest BCUT2D eigenvalue weighted by atomic mass is 16.2. The average Bonchev–Trinajstić information content (AvgIpc) is 3.18. The molecule has 0 unspecified atom stereocenters. The van der Waals surface area contributed by atoms with E-state index < -0.39 is 11.6 Å². The Morgan fingerprint density at radius 3 is 2.52 bits per heavy atom. The van der Waals surface area contributed by atoms with Crippen LogP contribution in [0.5, 0.6) is 0 Å². The third kappa shape index (κ3) is 3.75. The summed E-state index contributed by atoms with van der Waals surface area (Å²) in [6.45, 7) is 4.14. The third-order valence-corrected chi connectivity index (χ3v) is 5.45. The summed E-state index contributed by atoms with van der Waals surface area (Å²) < 4.78 is 1.87. The first-order valence-electron chi connectivity index (χ1n) is 10.1. The van der Waals surface area contributed by atoms with Gasteiger partial charge in [-0.15, -0.1) is 0 Å². The van der Waals surface area contributed by atoms with Crippen molar-refractivity contribution < 1.29 is 14.4 Å². The number of rotatable bonds is 9. The number of fused-ring (bicyclic) bond motifs is 1. The third-order valence-electron chi connectivity index (χ3n) is 5.45. The summed E-state index contributed by atoms with van der Waals surface area (Å²) in [4.78, 5) is 39.7. The lowest BCUT2D eigenvalue weighted by Crippen LogP contribution is -2.47. The van der Waals surface area contributed by atoms with Crippen molar-refractivity contribution in [1.29, 1.82) is 5.26 Å². The number of aromatic nitrogens is 1. The molecule has 1 aromatic carbocycles. The van der Waals surface area contributed by atoms with Gasteiger partial charge in [-0.2, -0.15) is 5.26 Å². The van der Waals surface area contributed by atoms with Crippen LogP contribution in [0.1, 0.15) is 56.3 Å². The van der Waals surface area contributed by atoms with Crippen molar-refractivity contribution in [1.82, 2.24) is 14.8 Å². The monoisotopic (exact) mass is 394 g/mol. The molecule has 152 valence electrons. The van der Waals surface area contributed by atoms with Crippen LogP contribution < -0.4 is 5.32 Å². The van der Waals surface area contributed by atoms with Crippen LogP contribution in [0.3, 0.4) is 0 Å². The zero-order valence-electron chi connectivity index (χ0n) is 16.9. The number of aryl methyl sites for hydroxylation is 1. The van der Waals surface area contributed by atoms with Gasteiger partial charge in [0.15, 0.2) is 5.78 Å². The Hall–Kier alpha value is -3.14. The number of nitriles is 1. The van der Waals surface area contributed by atoms with E-state index in [2.05, 4.69) is 11.4 Å². The first-order chi connectivity index (χ1) is 14.0. The van der Waals surface area contributed by atoms with Crippen LogP contribution >= 0.6 is 0 Å². The van der Waals surface area contributed by atoms with Gasteiger partial charge in [-0.1, -0.05) is 44.9 Å². The Morgan fingerprint density at radius 2 is 1.86 bits per heavy atom. The predicted octanol–water partition coefficient (Wildman–Crippen LogP) is 3.63. The highest BCUT2D eigenvalue weighted by Gasteiger charge is 2.50. The van der Waals surface area contributed by atoms with Gasteiger partial charge >= 0.3 is 6.03 Å². The van der Waals surface area contributed by atoms with E-state index in [9.17, 15) is 14.4 Å². The van der Waals surface area contributed by atoms with Gasteiger partial charge in [0.25, 0.3) is 5.91 Å². The molecule has 2 aromatic rings. The minimum atomic E-state index is -0.901. The van der Waals surface area contributed by atoms with Gasteiger partial charge in [-0.25, -0.2) is 4.79 Å². The molecule has 7 nitrogen and oxygen atoms in total. The van der Waals surface area contributed by atoms with Crippen molar-refractivity contribution in [2.45, 2.75) is 58.0 Å². The van der Waals surface area contributed by atoms with Crippen LogP contribution in [0.25, 0.3) is 10.9 Å². The standard InChI is InChI=1S/C22H26N4O3/c1-3-10-22(11-4-2)20(28)26(21(29)24-22)15-19(27)17-14-25(13-7-12-23)18-9-6-5-8-16(17)18/h5-6,8-9,14H,3-4,7,10-11,13,15H2,1-2H3,(H,24,29). The van der Waals surface area contributed by atoms with Crippen molar-refractivity contribution in [3.63, 3.8) is 0 Å². The fourth-order valence-corrected chi connectivity index (χ4v) is 4.19. The van der Waals surface area contributed by atoms with Crippen molar-refractivity contribution in [3.8, 4) is 6.07 Å². The average molecular weight is 394 g/mol. The number of benzene rings is 1. The predicted molar refractivity (Wildman–Crippen MR) is 109 cm³/mol. The summed E-state index contributed by atoms with van der Waals surface area (Å²) >= 11 is 0. The molecule has 0 bridgehead atoms. The van der Waals surface area contributed by atoms with Crippen molar-refractivity contribution >= 4 is 28.6 Å². The normalized spacial score (nSPS) is 15.6. The molecule has 7 heteroatoms. The minimum absolute atomic E-state index is 0.286. The number of urea groups is 1. The number of para-hydroxylation sites is 1. The highest BCUT2D eigenvalue weighted by Crippen LogP contribution is 2.29. The Labute approximate surface area is 170 Å². The zero-order chi connectivity index (χ0) is 21.0. The van der Waals surface area contributed by atoms with E-state index in [1.54, 1.807) is 6.20 Å². The van der Waals surface area contributed by atoms with E-state index in [4.69, 9.17) is 5.26 Å². The van der Waals surface area contributed by atoms with Gasteiger partial charge in [0.2, 0.25) is 0 Å². The summed E-state index contributed by atoms with van der Waals surface area (Å²) in [6, 6.07) is 9.06. The summed E-state index contributed by atoms with van der Waals surface area (Å²) in [7, 11) is 0. The zero-order valence-corrected chi connectivity index (χ0v) is 16.9. The molecule has 0 aliphatic carbocycles. The number of hydrogen-bond acceptors (Lipinski definition) is 4. The van der Waals surface area contributed by atoms with E-state index >= 15 is 0 Å². The maximum atomic E-state index is 13.1. The van der Waals surface area contributed by atoms with Gasteiger partial charge in [0.1, 0.15) is 5.54 Å². The molecule has 29 heavy (non-hydrogen) atoms. The molecule has 1 aliphatic heterocycles. The van der Waals surface area contributed by atoms with E-state index in [0.717, 1.165) is 28.6 Å². The van der Waals surface area contributed by atoms with Gasteiger partial charge in [0, 0.05) is 29.2 Å². The fraction of sp³-hybridized carbons (Fsp3) is 0.455. The number of imide groups is 1. The van der Waals surface area contributed by atoms with E-state index in [-0.39, 0.29) is 18.2 Å². The first-order valence-corrected chi connectivity index (χ1v) is 10.1. The van der Waals surface area contributed by atoms with Gasteiger partial charge < -0.3 is 9.88 Å². The fourth-order valence-electron chi connectivity index (χ4n) is 4.19. The maximum absolute atomic E-state index is 13.1. The molecule has 1 N–H and O–H groups in total. The second-order valence-electron chi connectivity index (χ2n) is 7.49. The number of ketones is 1. The SMILES string of the molecule is CCCC1(CCC)NC(=O)N(CC(=O)c2cn(CCC#N)c3ccccc23)C1=O. The summed E-state index contributed by atoms with van der Waals surface area (Å²) in [5.41, 5.74) is 0.416. The van der Waals surface area contributed by atoms with Crippen LogP contribution in [-0.2, 0) is 11.3 Å². The van der Waals surface area contributed by atoms with Crippen LogP contribution in [-0.4, -0.2) is 39.3 Å². The van der Waals surface area contributed by atoms with Gasteiger partial charge in [-0.05, 0) is 18.9 Å². The minimum Gasteiger partial charge on any atom is -0.346 e. The van der Waals surface area contributed by atoms with E-state index in [0.29, 0.717) is 31.4 Å². The number of nitrogens with one attached hydrogen (secondary N) is 1. The molecule has 0 saturated carbocycles. The molecule has 0 atom stereocenters. The molecule has 1 aromatic heterocycles. The second-order valence-corrected chi connectivity index (χ2v) is 7.49. The number of hydrogen-bond donors (Lipinski definition) is 1. The van der Waals surface area contributed by atoms with E-state index in [1.807, 2.05) is 42.7 Å². The summed E-state index contributed by atoms with van der Waals surface area (Å²) in [5.74, 6) is -0.600. The molecular weight excluding hydrogens is 368 g/mol. The quantitative estimate of drug-likeness (QED) is 0.519. The van der Waals surface area contributed by atoms with Crippen molar-refractivity contribution in [3.05, 3.63) is 36.0 Å². The number of Topliss-reactive ketones (excluding diaryl/α,β-unsaturated/α-hetero) is 1. The smallest absolute Gasteiger partial charge is 0.325 e. The van der Waals surface area contributed by atoms with Gasteiger partial charge in [-0.3, -0.25) is 14.5 Å². The maximum Gasteiger partial charge on any atom is 0.325 e. The molecular formula is C22H26N4O3. The summed E-state index contributed by atoms with van der Waals surface area (Å²) in [5, 5.41) is 12.5. The molecule has 3 amide bonds. The highest BCUT2D eigenvalue weighted by molar-refractivity contribution is 6.14. The lowest BCUT2D eigenvalue weighted by Gasteiger charge is -2.25. The Balaban J connectivity index is 1.88. The van der Waals surface area contributed by atoms with Crippen molar-refractivity contribution in [2.75, 3.05) is 6.54 Å². The van der Waals surface area contributed by atoms with E-state index in [1.165, 1.54) is 0 Å². The molecule has 1 saturated heterocycles. The Bertz CT molecular complexity index is 980. The van der Waals surface area contributed by atoms with Crippen molar-refractivity contribution in [2.24, 2.45) is 0 Å². The number of carbonyl (C=O) groups excluding carboxylic acids is 3. The number of amides is 3. The molecule has 0 radical (unpaired) electrons. The van der Waals surface area contributed by atoms with Crippen LogP contribution in [0, 0.1) is 11.3 Å². The largest absolute Gasteiger partial charge is 0.346 e. The number of nitrogens with zero attached hydrogens (tertiary/aromatic N) is 3. The van der Waals surface area contributed by atoms with Crippen LogP contribution in [0.2, 0.25) is 0 Å². The molecule has 1 fully saturated rings. The van der Waals surface area contributed by atoms with Crippen LogP contribution in [0.4, 0.5) is 4.79 Å². The van der Waals surface area contributed by atoms with Crippen LogP contribution in [0.15, 0.2) is 30.5 Å². The molecule has 3 rings (SSSR count). The molecule has 1 aliphatic rings. The topological polar surface area (TPSA) is 95.2 Å². The second kappa shape index (κ2) is 8.48. The molecule has 0 spiro atoms. The van der Waals surface area contributed by atoms with Gasteiger partial charge in [0.05, 0.1) is 19.0 Å². The number of carbonyl (C=O) groups is 3. The Kier molecular flexibility index (Phi) is 6.02.